The maximum Gasteiger partial charge on any atom is 0.275 e. The topological polar surface area (TPSA) is 90.7 Å². The summed E-state index contributed by atoms with van der Waals surface area (Å²) in [5.74, 6) is 0.676. The SMILES string of the molecule is CC(C)c1ccc(Nc2cnc(C(=O)Nc3ccc(C#N)cc3)cn2)cc1. The lowest BCUT2D eigenvalue weighted by Crippen LogP contribution is -2.14. The van der Waals surface area contributed by atoms with Gasteiger partial charge in [-0.1, -0.05) is 26.0 Å². The van der Waals surface area contributed by atoms with Gasteiger partial charge in [-0.05, 0) is 47.9 Å². The van der Waals surface area contributed by atoms with E-state index in [1.807, 2.05) is 18.2 Å². The van der Waals surface area contributed by atoms with Crippen LogP contribution in [-0.2, 0) is 0 Å². The molecular formula is C21H19N5O. The number of hydrogen-bond acceptors (Lipinski definition) is 5. The zero-order valence-electron chi connectivity index (χ0n) is 15.1. The average molecular weight is 357 g/mol. The molecule has 0 unspecified atom stereocenters. The molecule has 6 heteroatoms. The van der Waals surface area contributed by atoms with Gasteiger partial charge in [-0.3, -0.25) is 4.79 Å². The van der Waals surface area contributed by atoms with Gasteiger partial charge < -0.3 is 10.6 Å². The molecule has 0 spiro atoms. The molecular weight excluding hydrogens is 338 g/mol. The Kier molecular flexibility index (Phi) is 5.43. The van der Waals surface area contributed by atoms with E-state index in [0.717, 1.165) is 5.69 Å². The van der Waals surface area contributed by atoms with E-state index in [9.17, 15) is 4.79 Å². The molecule has 1 heterocycles. The lowest BCUT2D eigenvalue weighted by molar-refractivity contribution is 0.102. The lowest BCUT2D eigenvalue weighted by atomic mass is 10.0. The average Bonchev–Trinajstić information content (AvgIpc) is 2.69. The highest BCUT2D eigenvalue weighted by Crippen LogP contribution is 2.19. The van der Waals surface area contributed by atoms with Crippen molar-refractivity contribution in [3.8, 4) is 6.07 Å². The molecule has 1 amide bonds. The van der Waals surface area contributed by atoms with E-state index in [2.05, 4.69) is 46.6 Å². The van der Waals surface area contributed by atoms with Gasteiger partial charge in [0.25, 0.3) is 5.91 Å². The molecule has 0 atom stereocenters. The van der Waals surface area contributed by atoms with E-state index >= 15 is 0 Å². The van der Waals surface area contributed by atoms with Crippen molar-refractivity contribution in [2.24, 2.45) is 0 Å². The first-order chi connectivity index (χ1) is 13.0. The summed E-state index contributed by atoms with van der Waals surface area (Å²) < 4.78 is 0. The summed E-state index contributed by atoms with van der Waals surface area (Å²) in [4.78, 5) is 20.6. The van der Waals surface area contributed by atoms with Crippen LogP contribution < -0.4 is 10.6 Å². The summed E-state index contributed by atoms with van der Waals surface area (Å²) in [5.41, 5.74) is 3.50. The molecule has 0 bridgehead atoms. The quantitative estimate of drug-likeness (QED) is 0.703. The summed E-state index contributed by atoms with van der Waals surface area (Å²) in [6.45, 7) is 4.30. The molecule has 27 heavy (non-hydrogen) atoms. The Bertz CT molecular complexity index is 955. The fourth-order valence-electron chi connectivity index (χ4n) is 2.43. The first-order valence-electron chi connectivity index (χ1n) is 8.55. The van der Waals surface area contributed by atoms with Crippen molar-refractivity contribution < 1.29 is 4.79 Å². The predicted molar refractivity (Wildman–Crippen MR) is 105 cm³/mol. The number of anilines is 3. The highest BCUT2D eigenvalue weighted by Gasteiger charge is 2.09. The van der Waals surface area contributed by atoms with Gasteiger partial charge in [-0.15, -0.1) is 0 Å². The summed E-state index contributed by atoms with van der Waals surface area (Å²) in [6.07, 6.45) is 2.94. The molecule has 134 valence electrons. The fourth-order valence-corrected chi connectivity index (χ4v) is 2.43. The van der Waals surface area contributed by atoms with Crippen LogP contribution in [0.15, 0.2) is 60.9 Å². The minimum absolute atomic E-state index is 0.208. The molecule has 0 aliphatic heterocycles. The van der Waals surface area contributed by atoms with Crippen molar-refractivity contribution >= 4 is 23.1 Å². The van der Waals surface area contributed by atoms with E-state index in [1.54, 1.807) is 24.3 Å². The second-order valence-electron chi connectivity index (χ2n) is 6.33. The molecule has 3 aromatic rings. The van der Waals surface area contributed by atoms with Crippen LogP contribution in [0.3, 0.4) is 0 Å². The van der Waals surface area contributed by atoms with E-state index in [-0.39, 0.29) is 11.6 Å². The largest absolute Gasteiger partial charge is 0.339 e. The third-order valence-electron chi connectivity index (χ3n) is 4.01. The minimum atomic E-state index is -0.361. The Hall–Kier alpha value is -3.72. The monoisotopic (exact) mass is 357 g/mol. The van der Waals surface area contributed by atoms with Gasteiger partial charge in [-0.2, -0.15) is 5.26 Å². The van der Waals surface area contributed by atoms with Crippen LogP contribution in [0.5, 0.6) is 0 Å². The Labute approximate surface area is 157 Å². The Balaban J connectivity index is 1.63. The van der Waals surface area contributed by atoms with Crippen molar-refractivity contribution in [1.29, 1.82) is 5.26 Å². The zero-order valence-corrected chi connectivity index (χ0v) is 15.1. The molecule has 0 aliphatic rings. The van der Waals surface area contributed by atoms with Crippen molar-refractivity contribution in [2.45, 2.75) is 19.8 Å². The fraction of sp³-hybridized carbons (Fsp3) is 0.143. The van der Waals surface area contributed by atoms with Crippen LogP contribution >= 0.6 is 0 Å². The third-order valence-corrected chi connectivity index (χ3v) is 4.01. The van der Waals surface area contributed by atoms with Crippen molar-refractivity contribution in [2.75, 3.05) is 10.6 Å². The van der Waals surface area contributed by atoms with Crippen LogP contribution in [0.4, 0.5) is 17.2 Å². The number of nitrogens with zero attached hydrogens (tertiary/aromatic N) is 3. The number of aromatic nitrogens is 2. The highest BCUT2D eigenvalue weighted by atomic mass is 16.1. The predicted octanol–water partition coefficient (Wildman–Crippen LogP) is 4.47. The molecule has 2 aromatic carbocycles. The Morgan fingerprint density at radius 1 is 0.963 bits per heavy atom. The molecule has 0 saturated carbocycles. The van der Waals surface area contributed by atoms with Gasteiger partial charge in [0.15, 0.2) is 0 Å². The number of nitrogens with one attached hydrogen (secondary N) is 2. The van der Waals surface area contributed by atoms with Crippen LogP contribution in [0.25, 0.3) is 0 Å². The molecule has 0 fully saturated rings. The van der Waals surface area contributed by atoms with Crippen LogP contribution in [0, 0.1) is 11.3 Å². The number of benzene rings is 2. The van der Waals surface area contributed by atoms with Gasteiger partial charge in [0.2, 0.25) is 0 Å². The van der Waals surface area contributed by atoms with Crippen molar-refractivity contribution in [1.82, 2.24) is 9.97 Å². The van der Waals surface area contributed by atoms with Gasteiger partial charge in [0.1, 0.15) is 11.5 Å². The van der Waals surface area contributed by atoms with E-state index < -0.39 is 0 Å². The second kappa shape index (κ2) is 8.11. The van der Waals surface area contributed by atoms with Gasteiger partial charge >= 0.3 is 0 Å². The van der Waals surface area contributed by atoms with Crippen molar-refractivity contribution in [3.05, 3.63) is 77.7 Å². The number of amides is 1. The maximum absolute atomic E-state index is 12.2. The summed E-state index contributed by atoms with van der Waals surface area (Å²) in [6, 6.07) is 16.8. The molecule has 0 radical (unpaired) electrons. The van der Waals surface area contributed by atoms with E-state index in [4.69, 9.17) is 5.26 Å². The minimum Gasteiger partial charge on any atom is -0.339 e. The molecule has 0 saturated heterocycles. The maximum atomic E-state index is 12.2. The number of carbonyl (C=O) groups is 1. The number of nitriles is 1. The first kappa shape index (κ1) is 18.1. The van der Waals surface area contributed by atoms with Gasteiger partial charge in [0, 0.05) is 11.4 Å². The molecule has 0 aliphatic carbocycles. The highest BCUT2D eigenvalue weighted by molar-refractivity contribution is 6.02. The molecule has 3 rings (SSSR count). The summed E-state index contributed by atoms with van der Waals surface area (Å²) in [5, 5.41) is 14.7. The zero-order chi connectivity index (χ0) is 19.2. The van der Waals surface area contributed by atoms with Crippen LogP contribution in [0.1, 0.15) is 41.4 Å². The lowest BCUT2D eigenvalue weighted by Gasteiger charge is -2.09. The number of carbonyl (C=O) groups excluding carboxylic acids is 1. The van der Waals surface area contributed by atoms with Gasteiger partial charge in [-0.25, -0.2) is 9.97 Å². The smallest absolute Gasteiger partial charge is 0.275 e. The molecule has 6 nitrogen and oxygen atoms in total. The van der Waals surface area contributed by atoms with Crippen molar-refractivity contribution in [3.63, 3.8) is 0 Å². The normalized spacial score (nSPS) is 10.3. The van der Waals surface area contributed by atoms with Crippen LogP contribution in [0.2, 0.25) is 0 Å². The standard InChI is InChI=1S/C21H19N5O/c1-14(2)16-5-9-17(10-6-16)25-20-13-23-19(12-24-20)21(27)26-18-7-3-15(11-22)4-8-18/h3-10,12-14H,1-2H3,(H,24,25)(H,26,27). The van der Waals surface area contributed by atoms with Crippen LogP contribution in [-0.4, -0.2) is 15.9 Å². The van der Waals surface area contributed by atoms with Gasteiger partial charge in [0.05, 0.1) is 24.0 Å². The van der Waals surface area contributed by atoms with E-state index in [1.165, 1.54) is 18.0 Å². The Morgan fingerprint density at radius 2 is 1.63 bits per heavy atom. The molecule has 1 aromatic heterocycles. The molecule has 2 N–H and O–H groups in total. The third kappa shape index (κ3) is 4.67. The Morgan fingerprint density at radius 3 is 2.19 bits per heavy atom. The summed E-state index contributed by atoms with van der Waals surface area (Å²) >= 11 is 0. The number of rotatable bonds is 5. The summed E-state index contributed by atoms with van der Waals surface area (Å²) in [7, 11) is 0. The first-order valence-corrected chi connectivity index (χ1v) is 8.55. The number of hydrogen-bond donors (Lipinski definition) is 2. The van der Waals surface area contributed by atoms with E-state index in [0.29, 0.717) is 23.0 Å². The second-order valence-corrected chi connectivity index (χ2v) is 6.33.